The van der Waals surface area contributed by atoms with Crippen LogP contribution in [0.15, 0.2) is 18.5 Å². The molecule has 1 aromatic rings. The van der Waals surface area contributed by atoms with Gasteiger partial charge < -0.3 is 10.0 Å². The van der Waals surface area contributed by atoms with Crippen LogP contribution < -0.4 is 4.90 Å². The molecule has 70 valence electrons. The third-order valence-corrected chi connectivity index (χ3v) is 2.39. The van der Waals surface area contributed by atoms with E-state index in [1.165, 1.54) is 5.56 Å². The molecule has 13 heavy (non-hydrogen) atoms. The lowest BCUT2D eigenvalue weighted by Gasteiger charge is -2.17. The normalized spacial score (nSPS) is 22.3. The van der Waals surface area contributed by atoms with Gasteiger partial charge in [0.2, 0.25) is 0 Å². The maximum absolute atomic E-state index is 9.37. The molecule has 3 heteroatoms. The fraction of sp³-hybridized carbons (Fsp3) is 0.500. The van der Waals surface area contributed by atoms with Crippen LogP contribution >= 0.6 is 0 Å². The first-order chi connectivity index (χ1) is 6.25. The Morgan fingerprint density at radius 3 is 3.00 bits per heavy atom. The Kier molecular flexibility index (Phi) is 2.19. The van der Waals surface area contributed by atoms with Crippen LogP contribution in [0.25, 0.3) is 0 Å². The Labute approximate surface area is 78.0 Å². The Morgan fingerprint density at radius 2 is 2.38 bits per heavy atom. The van der Waals surface area contributed by atoms with E-state index in [-0.39, 0.29) is 6.10 Å². The molecule has 1 unspecified atom stereocenters. The second kappa shape index (κ2) is 3.34. The van der Waals surface area contributed by atoms with Crippen LogP contribution in [0.2, 0.25) is 0 Å². The maximum atomic E-state index is 9.37. The Hall–Kier alpha value is -1.09. The molecule has 0 spiro atoms. The highest BCUT2D eigenvalue weighted by Gasteiger charge is 2.20. The molecule has 1 aliphatic heterocycles. The fourth-order valence-electron chi connectivity index (χ4n) is 1.69. The average Bonchev–Trinajstić information content (AvgIpc) is 2.52. The van der Waals surface area contributed by atoms with Crippen molar-refractivity contribution in [1.29, 1.82) is 0 Å². The van der Waals surface area contributed by atoms with Crippen molar-refractivity contribution in [3.05, 3.63) is 24.0 Å². The van der Waals surface area contributed by atoms with Crippen molar-refractivity contribution < 1.29 is 5.11 Å². The molecule has 2 rings (SSSR count). The summed E-state index contributed by atoms with van der Waals surface area (Å²) in [5.74, 6) is 0. The van der Waals surface area contributed by atoms with Crippen molar-refractivity contribution in [3.8, 4) is 0 Å². The summed E-state index contributed by atoms with van der Waals surface area (Å²) in [4.78, 5) is 6.30. The zero-order valence-corrected chi connectivity index (χ0v) is 7.77. The summed E-state index contributed by atoms with van der Waals surface area (Å²) in [7, 11) is 0. The fourth-order valence-corrected chi connectivity index (χ4v) is 1.69. The van der Waals surface area contributed by atoms with Gasteiger partial charge in [0.15, 0.2) is 0 Å². The van der Waals surface area contributed by atoms with Gasteiger partial charge in [0.25, 0.3) is 0 Å². The van der Waals surface area contributed by atoms with E-state index in [9.17, 15) is 5.11 Å². The predicted octanol–water partition coefficient (Wildman–Crippen LogP) is 0.961. The molecule has 1 N–H and O–H groups in total. The summed E-state index contributed by atoms with van der Waals surface area (Å²) in [6.45, 7) is 3.71. The van der Waals surface area contributed by atoms with Gasteiger partial charge in [-0.1, -0.05) is 0 Å². The molecule has 0 amide bonds. The van der Waals surface area contributed by atoms with Crippen LogP contribution in [0.4, 0.5) is 5.69 Å². The molecule has 1 atom stereocenters. The van der Waals surface area contributed by atoms with Crippen LogP contribution in [0.3, 0.4) is 0 Å². The number of anilines is 1. The lowest BCUT2D eigenvalue weighted by Crippen LogP contribution is -2.21. The summed E-state index contributed by atoms with van der Waals surface area (Å²) < 4.78 is 0. The van der Waals surface area contributed by atoms with Gasteiger partial charge in [-0.15, -0.1) is 0 Å². The van der Waals surface area contributed by atoms with Gasteiger partial charge in [-0.3, -0.25) is 4.98 Å². The van der Waals surface area contributed by atoms with E-state index in [1.54, 1.807) is 0 Å². The molecule has 0 aliphatic carbocycles. The Balaban J connectivity index is 2.16. The van der Waals surface area contributed by atoms with Crippen molar-refractivity contribution in [1.82, 2.24) is 4.98 Å². The zero-order chi connectivity index (χ0) is 9.26. The summed E-state index contributed by atoms with van der Waals surface area (Å²) in [5.41, 5.74) is 2.29. The molecule has 0 radical (unpaired) electrons. The Bertz CT molecular complexity index is 301. The number of pyridine rings is 1. The van der Waals surface area contributed by atoms with E-state index in [0.717, 1.165) is 25.2 Å². The predicted molar refractivity (Wildman–Crippen MR) is 51.8 cm³/mol. The molecule has 1 aromatic heterocycles. The maximum Gasteiger partial charge on any atom is 0.0731 e. The Morgan fingerprint density at radius 1 is 1.54 bits per heavy atom. The minimum atomic E-state index is -0.166. The van der Waals surface area contributed by atoms with Crippen LogP contribution in [0.5, 0.6) is 0 Å². The number of aliphatic hydroxyl groups excluding tert-OH is 1. The van der Waals surface area contributed by atoms with E-state index >= 15 is 0 Å². The van der Waals surface area contributed by atoms with E-state index in [0.29, 0.717) is 0 Å². The van der Waals surface area contributed by atoms with Crippen LogP contribution in [-0.4, -0.2) is 29.3 Å². The number of aliphatic hydroxyl groups is 1. The smallest absolute Gasteiger partial charge is 0.0731 e. The molecule has 2 heterocycles. The first kappa shape index (κ1) is 8.51. The molecule has 0 saturated carbocycles. The van der Waals surface area contributed by atoms with Crippen LogP contribution in [0.1, 0.15) is 12.0 Å². The molecule has 1 saturated heterocycles. The summed E-state index contributed by atoms with van der Waals surface area (Å²) >= 11 is 0. The summed E-state index contributed by atoms with van der Waals surface area (Å²) in [6.07, 6.45) is 4.40. The van der Waals surface area contributed by atoms with Gasteiger partial charge in [-0.05, 0) is 25.0 Å². The van der Waals surface area contributed by atoms with Crippen molar-refractivity contribution in [2.45, 2.75) is 19.4 Å². The van der Waals surface area contributed by atoms with E-state index < -0.39 is 0 Å². The second-order valence-corrected chi connectivity index (χ2v) is 3.61. The number of hydrogen-bond donors (Lipinski definition) is 1. The van der Waals surface area contributed by atoms with Crippen LogP contribution in [-0.2, 0) is 0 Å². The summed E-state index contributed by atoms with van der Waals surface area (Å²) in [5, 5.41) is 9.37. The molecule has 0 aromatic carbocycles. The van der Waals surface area contributed by atoms with Crippen LogP contribution in [0, 0.1) is 6.92 Å². The van der Waals surface area contributed by atoms with Crippen molar-refractivity contribution in [2.24, 2.45) is 0 Å². The zero-order valence-electron chi connectivity index (χ0n) is 7.77. The van der Waals surface area contributed by atoms with E-state index in [1.807, 2.05) is 19.3 Å². The summed E-state index contributed by atoms with van der Waals surface area (Å²) in [6, 6.07) is 2.10. The monoisotopic (exact) mass is 178 g/mol. The average molecular weight is 178 g/mol. The number of aromatic nitrogens is 1. The first-order valence-corrected chi connectivity index (χ1v) is 4.60. The molecular formula is C10H14N2O. The molecule has 0 bridgehead atoms. The highest BCUT2D eigenvalue weighted by atomic mass is 16.3. The molecule has 1 aliphatic rings. The van der Waals surface area contributed by atoms with Gasteiger partial charge in [0, 0.05) is 19.3 Å². The number of hydrogen-bond acceptors (Lipinski definition) is 3. The van der Waals surface area contributed by atoms with E-state index in [2.05, 4.69) is 16.0 Å². The van der Waals surface area contributed by atoms with Gasteiger partial charge in [0.1, 0.15) is 0 Å². The van der Waals surface area contributed by atoms with Gasteiger partial charge >= 0.3 is 0 Å². The largest absolute Gasteiger partial charge is 0.391 e. The lowest BCUT2D eigenvalue weighted by molar-refractivity contribution is 0.198. The highest BCUT2D eigenvalue weighted by Crippen LogP contribution is 2.19. The van der Waals surface area contributed by atoms with Crippen molar-refractivity contribution >= 4 is 5.69 Å². The van der Waals surface area contributed by atoms with E-state index in [4.69, 9.17) is 0 Å². The first-order valence-electron chi connectivity index (χ1n) is 4.60. The minimum absolute atomic E-state index is 0.166. The standard InChI is InChI=1S/C10H14N2O/c1-8-4-9(6-11-5-8)12-3-2-10(13)7-12/h4-6,10,13H,2-3,7H2,1H3. The third kappa shape index (κ3) is 1.80. The second-order valence-electron chi connectivity index (χ2n) is 3.61. The van der Waals surface area contributed by atoms with Crippen molar-refractivity contribution in [3.63, 3.8) is 0 Å². The molecule has 1 fully saturated rings. The lowest BCUT2D eigenvalue weighted by atomic mass is 10.3. The minimum Gasteiger partial charge on any atom is -0.391 e. The van der Waals surface area contributed by atoms with Gasteiger partial charge in [0.05, 0.1) is 18.0 Å². The topological polar surface area (TPSA) is 36.4 Å². The quantitative estimate of drug-likeness (QED) is 0.696. The molecule has 3 nitrogen and oxygen atoms in total. The van der Waals surface area contributed by atoms with Gasteiger partial charge in [-0.2, -0.15) is 0 Å². The van der Waals surface area contributed by atoms with Crippen molar-refractivity contribution in [2.75, 3.05) is 18.0 Å². The molecular weight excluding hydrogens is 164 g/mol. The van der Waals surface area contributed by atoms with Gasteiger partial charge in [-0.25, -0.2) is 0 Å². The number of β-amino-alcohol motifs (C(OH)–C–C–N with tert-alkyl or cyclic N) is 1. The SMILES string of the molecule is Cc1cncc(N2CCC(O)C2)c1. The number of rotatable bonds is 1. The highest BCUT2D eigenvalue weighted by molar-refractivity contribution is 5.46. The number of aryl methyl sites for hydroxylation is 1. The number of nitrogens with zero attached hydrogens (tertiary/aromatic N) is 2. The third-order valence-electron chi connectivity index (χ3n) is 2.39.